The van der Waals surface area contributed by atoms with Crippen molar-refractivity contribution in [3.63, 3.8) is 0 Å². The number of aromatic nitrogens is 3. The molecule has 1 aromatic heterocycles. The van der Waals surface area contributed by atoms with Crippen LogP contribution in [-0.4, -0.2) is 29.0 Å². The van der Waals surface area contributed by atoms with Gasteiger partial charge in [-0.1, -0.05) is 23.7 Å². The average Bonchev–Trinajstić information content (AvgIpc) is 3.16. The molecule has 0 saturated heterocycles. The molecule has 26 heavy (non-hydrogen) atoms. The summed E-state index contributed by atoms with van der Waals surface area (Å²) in [5.41, 5.74) is 2.98. The lowest BCUT2D eigenvalue weighted by Gasteiger charge is -2.25. The molecular weight excluding hydrogens is 352 g/mol. The summed E-state index contributed by atoms with van der Waals surface area (Å²) < 4.78 is 12.7. The minimum absolute atomic E-state index is 0.0402. The predicted octanol–water partition coefficient (Wildman–Crippen LogP) is 4.00. The fourth-order valence-corrected chi connectivity index (χ4v) is 3.15. The van der Waals surface area contributed by atoms with Crippen LogP contribution in [0.2, 0.25) is 5.02 Å². The van der Waals surface area contributed by atoms with Crippen LogP contribution in [0.5, 0.6) is 11.5 Å². The zero-order chi connectivity index (χ0) is 18.1. The second-order valence-electron chi connectivity index (χ2n) is 5.83. The van der Waals surface area contributed by atoms with Gasteiger partial charge in [-0.15, -0.1) is 10.2 Å². The second kappa shape index (κ2) is 6.72. The first-order chi connectivity index (χ1) is 12.7. The Kier molecular flexibility index (Phi) is 4.26. The fourth-order valence-electron chi connectivity index (χ4n) is 3.02. The lowest BCUT2D eigenvalue weighted by Crippen LogP contribution is -2.18. The number of hydrogen-bond donors (Lipinski definition) is 1. The maximum absolute atomic E-state index is 6.03. The van der Waals surface area contributed by atoms with Crippen LogP contribution >= 0.6 is 11.6 Å². The molecule has 0 unspecified atom stereocenters. The molecular formula is C19H17ClN4O2. The first-order valence-corrected chi connectivity index (χ1v) is 8.43. The minimum atomic E-state index is -0.0402. The Morgan fingerprint density at radius 3 is 2.54 bits per heavy atom. The Bertz CT molecular complexity index is 966. The van der Waals surface area contributed by atoms with Crippen molar-refractivity contribution in [3.8, 4) is 11.5 Å². The van der Waals surface area contributed by atoms with Gasteiger partial charge >= 0.3 is 0 Å². The highest BCUT2D eigenvalue weighted by Gasteiger charge is 2.23. The number of allylic oxidation sites excluding steroid dienone is 1. The van der Waals surface area contributed by atoms with E-state index in [1.807, 2.05) is 47.0 Å². The van der Waals surface area contributed by atoms with Gasteiger partial charge in [-0.2, -0.15) is 0 Å². The molecule has 2 heterocycles. The predicted molar refractivity (Wildman–Crippen MR) is 101 cm³/mol. The molecule has 1 aliphatic heterocycles. The highest BCUT2D eigenvalue weighted by molar-refractivity contribution is 6.30. The molecule has 132 valence electrons. The molecule has 1 aliphatic rings. The van der Waals surface area contributed by atoms with Crippen LogP contribution in [0, 0.1) is 0 Å². The molecule has 0 spiro atoms. The number of hydrogen-bond acceptors (Lipinski definition) is 5. The molecule has 1 atom stereocenters. The number of rotatable bonds is 4. The second-order valence-corrected chi connectivity index (χ2v) is 6.27. The molecule has 6 nitrogen and oxygen atoms in total. The lowest BCUT2D eigenvalue weighted by atomic mass is 10.0. The molecule has 7 heteroatoms. The van der Waals surface area contributed by atoms with Crippen LogP contribution in [0.4, 0.5) is 5.95 Å². The van der Waals surface area contributed by atoms with Crippen LogP contribution in [0.3, 0.4) is 0 Å². The summed E-state index contributed by atoms with van der Waals surface area (Å²) in [6.07, 6.45) is 3.84. The molecule has 3 aromatic rings. The summed E-state index contributed by atoms with van der Waals surface area (Å²) in [4.78, 5) is 0. The Balaban J connectivity index is 1.78. The van der Waals surface area contributed by atoms with E-state index in [2.05, 4.69) is 21.6 Å². The maximum Gasteiger partial charge on any atom is 0.229 e. The number of nitrogens with one attached hydrogen (secondary N) is 1. The van der Waals surface area contributed by atoms with E-state index in [0.717, 1.165) is 16.8 Å². The van der Waals surface area contributed by atoms with Gasteiger partial charge in [0.25, 0.3) is 0 Å². The van der Waals surface area contributed by atoms with Crippen LogP contribution in [0.1, 0.15) is 17.2 Å². The SMILES string of the molecule is COc1ccc(C2=C[C@H](c3ccc(Cl)cc3)n3cnnc3N2)cc1OC. The van der Waals surface area contributed by atoms with E-state index in [-0.39, 0.29) is 6.04 Å². The quantitative estimate of drug-likeness (QED) is 0.754. The molecule has 1 N–H and O–H groups in total. The molecule has 0 aliphatic carbocycles. The largest absolute Gasteiger partial charge is 0.493 e. The van der Waals surface area contributed by atoms with E-state index < -0.39 is 0 Å². The topological polar surface area (TPSA) is 61.2 Å². The van der Waals surface area contributed by atoms with E-state index in [1.165, 1.54) is 0 Å². The number of nitrogens with zero attached hydrogens (tertiary/aromatic N) is 3. The van der Waals surface area contributed by atoms with Crippen molar-refractivity contribution in [2.75, 3.05) is 19.5 Å². The van der Waals surface area contributed by atoms with Crippen molar-refractivity contribution >= 4 is 23.2 Å². The number of fused-ring (bicyclic) bond motifs is 1. The highest BCUT2D eigenvalue weighted by Crippen LogP contribution is 2.35. The normalized spacial score (nSPS) is 15.7. The third-order valence-corrected chi connectivity index (χ3v) is 4.60. The Hall–Kier alpha value is -2.99. The van der Waals surface area contributed by atoms with E-state index in [9.17, 15) is 0 Å². The van der Waals surface area contributed by atoms with Crippen LogP contribution in [0.15, 0.2) is 54.9 Å². The summed E-state index contributed by atoms with van der Waals surface area (Å²) in [5, 5.41) is 12.2. The van der Waals surface area contributed by atoms with Gasteiger partial charge in [-0.3, -0.25) is 4.57 Å². The summed E-state index contributed by atoms with van der Waals surface area (Å²) >= 11 is 6.03. The van der Waals surface area contributed by atoms with E-state index in [0.29, 0.717) is 22.5 Å². The average molecular weight is 369 g/mol. The zero-order valence-corrected chi connectivity index (χ0v) is 15.1. The zero-order valence-electron chi connectivity index (χ0n) is 14.3. The number of ether oxygens (including phenoxy) is 2. The first kappa shape index (κ1) is 16.5. The van der Waals surface area contributed by atoms with Gasteiger partial charge in [0.05, 0.1) is 20.3 Å². The molecule has 2 aromatic carbocycles. The maximum atomic E-state index is 6.03. The van der Waals surface area contributed by atoms with Crippen LogP contribution in [0.25, 0.3) is 5.70 Å². The van der Waals surface area contributed by atoms with Gasteiger partial charge in [0, 0.05) is 16.3 Å². The van der Waals surface area contributed by atoms with Crippen molar-refractivity contribution in [1.82, 2.24) is 14.8 Å². The van der Waals surface area contributed by atoms with E-state index >= 15 is 0 Å². The van der Waals surface area contributed by atoms with Crippen molar-refractivity contribution in [2.24, 2.45) is 0 Å². The van der Waals surface area contributed by atoms with Crippen LogP contribution in [-0.2, 0) is 0 Å². The van der Waals surface area contributed by atoms with Gasteiger partial charge in [-0.05, 0) is 42.0 Å². The third kappa shape index (κ3) is 2.88. The first-order valence-electron chi connectivity index (χ1n) is 8.06. The number of anilines is 1. The van der Waals surface area contributed by atoms with Gasteiger partial charge in [0.15, 0.2) is 11.5 Å². The number of benzene rings is 2. The van der Waals surface area contributed by atoms with Gasteiger partial charge in [-0.25, -0.2) is 0 Å². The summed E-state index contributed by atoms with van der Waals surface area (Å²) in [6, 6.07) is 13.5. The van der Waals surface area contributed by atoms with E-state index in [4.69, 9.17) is 21.1 Å². The molecule has 0 bridgehead atoms. The van der Waals surface area contributed by atoms with Crippen molar-refractivity contribution in [2.45, 2.75) is 6.04 Å². The van der Waals surface area contributed by atoms with E-state index in [1.54, 1.807) is 20.5 Å². The molecule has 0 radical (unpaired) electrons. The van der Waals surface area contributed by atoms with Crippen molar-refractivity contribution in [1.29, 1.82) is 0 Å². The minimum Gasteiger partial charge on any atom is -0.493 e. The fraction of sp³-hybridized carbons (Fsp3) is 0.158. The van der Waals surface area contributed by atoms with Crippen molar-refractivity contribution < 1.29 is 9.47 Å². The van der Waals surface area contributed by atoms with Crippen molar-refractivity contribution in [3.05, 3.63) is 71.0 Å². The third-order valence-electron chi connectivity index (χ3n) is 4.35. The smallest absolute Gasteiger partial charge is 0.229 e. The number of methoxy groups -OCH3 is 2. The summed E-state index contributed by atoms with van der Waals surface area (Å²) in [7, 11) is 3.24. The number of halogens is 1. The van der Waals surface area contributed by atoms with Crippen LogP contribution < -0.4 is 14.8 Å². The molecule has 0 amide bonds. The van der Waals surface area contributed by atoms with Gasteiger partial charge in [0.1, 0.15) is 6.33 Å². The molecule has 0 saturated carbocycles. The lowest BCUT2D eigenvalue weighted by molar-refractivity contribution is 0.355. The monoisotopic (exact) mass is 368 g/mol. The van der Waals surface area contributed by atoms with Gasteiger partial charge in [0.2, 0.25) is 5.95 Å². The standard InChI is InChI=1S/C19H17ClN4O2/c1-25-17-8-5-13(9-18(17)26-2)15-10-16(12-3-6-14(20)7-4-12)24-11-21-23-19(24)22-15/h3-11,16H,1-2H3,(H,22,23)/t16-/m1/s1. The highest BCUT2D eigenvalue weighted by atomic mass is 35.5. The Morgan fingerprint density at radius 2 is 1.81 bits per heavy atom. The Morgan fingerprint density at radius 1 is 1.04 bits per heavy atom. The summed E-state index contributed by atoms with van der Waals surface area (Å²) in [6.45, 7) is 0. The molecule has 0 fully saturated rings. The summed E-state index contributed by atoms with van der Waals surface area (Å²) in [5.74, 6) is 2.03. The molecule has 4 rings (SSSR count). The Labute approximate surface area is 156 Å². The van der Waals surface area contributed by atoms with Gasteiger partial charge < -0.3 is 14.8 Å².